The molecule has 11 heteroatoms. The van der Waals surface area contributed by atoms with Gasteiger partial charge in [0.15, 0.2) is 0 Å². The Bertz CT molecular complexity index is 1270. The van der Waals surface area contributed by atoms with Gasteiger partial charge in [0.25, 0.3) is 5.56 Å². The molecule has 1 aliphatic rings. The number of hydrogen-bond acceptors (Lipinski definition) is 7. The number of ether oxygens (including phenoxy) is 3. The molecule has 1 aromatic heterocycles. The molecule has 0 amide bonds. The summed E-state index contributed by atoms with van der Waals surface area (Å²) in [5.41, 5.74) is -0.752. The van der Waals surface area contributed by atoms with Crippen LogP contribution in [0.2, 0.25) is 10.0 Å². The Hall–Kier alpha value is -3.40. The van der Waals surface area contributed by atoms with E-state index in [2.05, 4.69) is 4.98 Å². The van der Waals surface area contributed by atoms with Gasteiger partial charge in [-0.2, -0.15) is 0 Å². The summed E-state index contributed by atoms with van der Waals surface area (Å²) in [5.74, 6) is -1.30. The molecule has 1 fully saturated rings. The summed E-state index contributed by atoms with van der Waals surface area (Å²) in [6.07, 6.45) is -1.64. The smallest absolute Gasteiger partial charge is 0.338 e. The highest BCUT2D eigenvalue weighted by molar-refractivity contribution is 6.31. The van der Waals surface area contributed by atoms with Gasteiger partial charge in [-0.3, -0.25) is 4.79 Å². The normalized spacial score (nSPS) is 19.5. The van der Waals surface area contributed by atoms with Gasteiger partial charge in [-0.25, -0.2) is 19.0 Å². The van der Waals surface area contributed by atoms with E-state index in [1.807, 2.05) is 0 Å². The van der Waals surface area contributed by atoms with Gasteiger partial charge in [0.05, 0.1) is 11.1 Å². The summed E-state index contributed by atoms with van der Waals surface area (Å²) >= 11 is 11.7. The highest BCUT2D eigenvalue weighted by Gasteiger charge is 2.41. The standard InChI is InChI=1S/C23H18Cl2N2O7/c24-15-5-1-13(2-6-15)21(29)32-12-18-17(34-22(30)14-3-7-16(25)8-4-14)11-20(33-18)27-19(28)9-10-26-23(27)31/h1-10,17-18,20H,11-12H2,(H,26,31). The number of carbonyl (C=O) groups excluding carboxylic acids is 2. The molecule has 1 saturated heterocycles. The van der Waals surface area contributed by atoms with Crippen molar-refractivity contribution in [1.82, 2.24) is 9.55 Å². The molecule has 1 aliphatic heterocycles. The second kappa shape index (κ2) is 10.3. The van der Waals surface area contributed by atoms with E-state index in [9.17, 15) is 19.2 Å². The minimum absolute atomic E-state index is 0.00447. The molecule has 3 unspecified atom stereocenters. The third-order valence-corrected chi connectivity index (χ3v) is 5.66. The Morgan fingerprint density at radius 3 is 2.12 bits per heavy atom. The lowest BCUT2D eigenvalue weighted by molar-refractivity contribution is -0.0589. The molecule has 4 rings (SSSR count). The second-order valence-electron chi connectivity index (χ2n) is 7.41. The molecule has 0 bridgehead atoms. The van der Waals surface area contributed by atoms with Gasteiger partial charge >= 0.3 is 17.6 Å². The Balaban J connectivity index is 1.52. The van der Waals surface area contributed by atoms with E-state index >= 15 is 0 Å². The van der Waals surface area contributed by atoms with Crippen LogP contribution < -0.4 is 11.2 Å². The summed E-state index contributed by atoms with van der Waals surface area (Å²) in [4.78, 5) is 51.9. The molecule has 1 N–H and O–H groups in total. The second-order valence-corrected chi connectivity index (χ2v) is 8.28. The first kappa shape index (κ1) is 23.7. The van der Waals surface area contributed by atoms with Gasteiger partial charge < -0.3 is 19.2 Å². The van der Waals surface area contributed by atoms with Crippen molar-refractivity contribution >= 4 is 35.1 Å². The highest BCUT2D eigenvalue weighted by atomic mass is 35.5. The monoisotopic (exact) mass is 504 g/mol. The van der Waals surface area contributed by atoms with Crippen molar-refractivity contribution in [2.45, 2.75) is 24.9 Å². The molecule has 2 aromatic carbocycles. The van der Waals surface area contributed by atoms with E-state index in [1.54, 1.807) is 24.3 Å². The summed E-state index contributed by atoms with van der Waals surface area (Å²) in [5, 5.41) is 0.918. The fraction of sp³-hybridized carbons (Fsp3) is 0.217. The van der Waals surface area contributed by atoms with Crippen molar-refractivity contribution in [3.63, 3.8) is 0 Å². The van der Waals surface area contributed by atoms with Crippen molar-refractivity contribution in [3.8, 4) is 0 Å². The third-order valence-electron chi connectivity index (χ3n) is 5.15. The molecule has 2 heterocycles. The lowest BCUT2D eigenvalue weighted by atomic mass is 10.1. The predicted octanol–water partition coefficient (Wildman–Crippen LogP) is 3.21. The van der Waals surface area contributed by atoms with Crippen molar-refractivity contribution in [2.24, 2.45) is 0 Å². The van der Waals surface area contributed by atoms with Gasteiger partial charge in [-0.15, -0.1) is 0 Å². The van der Waals surface area contributed by atoms with Crippen LogP contribution in [0.15, 0.2) is 70.4 Å². The fourth-order valence-corrected chi connectivity index (χ4v) is 3.71. The summed E-state index contributed by atoms with van der Waals surface area (Å²) in [6.45, 7) is -0.282. The van der Waals surface area contributed by atoms with Crippen molar-refractivity contribution in [1.29, 1.82) is 0 Å². The maximum absolute atomic E-state index is 12.6. The lowest BCUT2D eigenvalue weighted by Gasteiger charge is -2.19. The quantitative estimate of drug-likeness (QED) is 0.512. The molecule has 34 heavy (non-hydrogen) atoms. The first-order valence-corrected chi connectivity index (χ1v) is 10.9. The van der Waals surface area contributed by atoms with Gasteiger partial charge in [-0.05, 0) is 48.5 Å². The van der Waals surface area contributed by atoms with E-state index in [0.29, 0.717) is 10.0 Å². The number of nitrogens with one attached hydrogen (secondary N) is 1. The Morgan fingerprint density at radius 2 is 1.53 bits per heavy atom. The van der Waals surface area contributed by atoms with Crippen LogP contribution in [-0.4, -0.2) is 40.3 Å². The average Bonchev–Trinajstić information content (AvgIpc) is 3.20. The Morgan fingerprint density at radius 1 is 0.941 bits per heavy atom. The molecule has 9 nitrogen and oxygen atoms in total. The molecule has 0 aliphatic carbocycles. The van der Waals surface area contributed by atoms with Crippen molar-refractivity contribution in [3.05, 3.63) is 103 Å². The van der Waals surface area contributed by atoms with Gasteiger partial charge in [0.1, 0.15) is 25.0 Å². The van der Waals surface area contributed by atoms with Crippen molar-refractivity contribution < 1.29 is 23.8 Å². The summed E-state index contributed by atoms with van der Waals surface area (Å²) in [7, 11) is 0. The first-order chi connectivity index (χ1) is 16.3. The number of H-pyrrole nitrogens is 1. The number of halogens is 2. The highest BCUT2D eigenvalue weighted by Crippen LogP contribution is 2.30. The number of esters is 2. The zero-order chi connectivity index (χ0) is 24.2. The SMILES string of the molecule is O=C(OCC1OC(n2c(=O)cc[nH]c2=O)CC1OC(=O)c1ccc(Cl)cc1)c1ccc(Cl)cc1. The van der Waals surface area contributed by atoms with Crippen LogP contribution in [0.5, 0.6) is 0 Å². The van der Waals surface area contributed by atoms with Crippen LogP contribution >= 0.6 is 23.2 Å². The van der Waals surface area contributed by atoms with Crippen molar-refractivity contribution in [2.75, 3.05) is 6.61 Å². The third kappa shape index (κ3) is 5.39. The topological polar surface area (TPSA) is 117 Å². The van der Waals surface area contributed by atoms with Crippen LogP contribution in [0.3, 0.4) is 0 Å². The minimum atomic E-state index is -1.03. The van der Waals surface area contributed by atoms with Crippen LogP contribution in [0.4, 0.5) is 0 Å². The zero-order valence-electron chi connectivity index (χ0n) is 17.5. The zero-order valence-corrected chi connectivity index (χ0v) is 19.0. The first-order valence-electron chi connectivity index (χ1n) is 10.2. The molecule has 0 saturated carbocycles. The molecule has 3 aromatic rings. The minimum Gasteiger partial charge on any atom is -0.459 e. The maximum atomic E-state index is 12.6. The fourth-order valence-electron chi connectivity index (χ4n) is 3.46. The largest absolute Gasteiger partial charge is 0.459 e. The van der Waals surface area contributed by atoms with Gasteiger partial charge in [-0.1, -0.05) is 23.2 Å². The summed E-state index contributed by atoms with van der Waals surface area (Å²) in [6, 6.07) is 13.4. The molecule has 0 radical (unpaired) electrons. The molecule has 3 atom stereocenters. The van der Waals surface area contributed by atoms with E-state index in [1.165, 1.54) is 36.5 Å². The Labute approximate surface area is 202 Å². The molecule has 176 valence electrons. The van der Waals surface area contributed by atoms with Gasteiger partial charge in [0.2, 0.25) is 0 Å². The van der Waals surface area contributed by atoms with E-state index < -0.39 is 41.6 Å². The number of carbonyl (C=O) groups is 2. The summed E-state index contributed by atoms with van der Waals surface area (Å²) < 4.78 is 17.6. The van der Waals surface area contributed by atoms with Crippen LogP contribution in [-0.2, 0) is 14.2 Å². The number of nitrogens with zero attached hydrogens (tertiary/aromatic N) is 1. The number of aromatic nitrogens is 2. The number of rotatable bonds is 6. The lowest BCUT2D eigenvalue weighted by Crippen LogP contribution is -2.37. The number of benzene rings is 2. The molecular formula is C23H18Cl2N2O7. The van der Waals surface area contributed by atoms with Crippen LogP contribution in [0.25, 0.3) is 0 Å². The molecule has 0 spiro atoms. The molecular weight excluding hydrogens is 487 g/mol. The van der Waals surface area contributed by atoms with E-state index in [0.717, 1.165) is 4.57 Å². The average molecular weight is 505 g/mol. The number of hydrogen-bond donors (Lipinski definition) is 1. The van der Waals surface area contributed by atoms with Crippen LogP contribution in [0, 0.1) is 0 Å². The van der Waals surface area contributed by atoms with Crippen LogP contribution in [0.1, 0.15) is 33.4 Å². The van der Waals surface area contributed by atoms with Gasteiger partial charge in [0, 0.05) is 28.7 Å². The Kier molecular flexibility index (Phi) is 7.16. The number of aromatic amines is 1. The maximum Gasteiger partial charge on any atom is 0.338 e. The van der Waals surface area contributed by atoms with E-state index in [-0.39, 0.29) is 24.2 Å². The van der Waals surface area contributed by atoms with E-state index in [4.69, 9.17) is 37.4 Å². The predicted molar refractivity (Wildman–Crippen MR) is 122 cm³/mol.